The molecule has 0 saturated carbocycles. The van der Waals surface area contributed by atoms with Crippen molar-refractivity contribution in [3.05, 3.63) is 42.5 Å². The molecule has 2 aromatic rings. The monoisotopic (exact) mass is 383 g/mol. The van der Waals surface area contributed by atoms with Crippen molar-refractivity contribution in [2.75, 3.05) is 25.6 Å². The number of nitrogens with zero attached hydrogens (tertiary/aromatic N) is 2. The van der Waals surface area contributed by atoms with E-state index in [0.717, 1.165) is 0 Å². The Labute approximate surface area is 152 Å². The highest BCUT2D eigenvalue weighted by Crippen LogP contribution is 2.22. The SMILES string of the molecule is CCS(=O)(=O)N[C@H]1CCOC[C@@H]1COc1ccc(-n2cccn2)c(F)c1. The summed E-state index contributed by atoms with van der Waals surface area (Å²) in [5, 5.41) is 4.00. The van der Waals surface area contributed by atoms with E-state index < -0.39 is 15.8 Å². The first-order valence-corrected chi connectivity index (χ1v) is 10.1. The molecule has 26 heavy (non-hydrogen) atoms. The van der Waals surface area contributed by atoms with Gasteiger partial charge < -0.3 is 9.47 Å². The minimum atomic E-state index is -3.30. The van der Waals surface area contributed by atoms with Crippen LogP contribution >= 0.6 is 0 Å². The average Bonchev–Trinajstić information content (AvgIpc) is 3.15. The lowest BCUT2D eigenvalue weighted by Gasteiger charge is -2.31. The van der Waals surface area contributed by atoms with Crippen LogP contribution in [0.15, 0.2) is 36.7 Å². The molecule has 0 amide bonds. The summed E-state index contributed by atoms with van der Waals surface area (Å²) in [5.74, 6) is -0.188. The molecule has 0 aliphatic carbocycles. The van der Waals surface area contributed by atoms with Gasteiger partial charge in [0.2, 0.25) is 10.0 Å². The Morgan fingerprint density at radius 1 is 1.46 bits per heavy atom. The molecule has 1 N–H and O–H groups in total. The second-order valence-electron chi connectivity index (χ2n) is 6.13. The highest BCUT2D eigenvalue weighted by molar-refractivity contribution is 7.89. The van der Waals surface area contributed by atoms with Gasteiger partial charge >= 0.3 is 0 Å². The zero-order valence-electron chi connectivity index (χ0n) is 14.5. The molecule has 1 aromatic heterocycles. The number of nitrogens with one attached hydrogen (secondary N) is 1. The summed E-state index contributed by atoms with van der Waals surface area (Å²) >= 11 is 0. The van der Waals surface area contributed by atoms with Gasteiger partial charge in [0.15, 0.2) is 5.82 Å². The highest BCUT2D eigenvalue weighted by Gasteiger charge is 2.29. The van der Waals surface area contributed by atoms with Crippen molar-refractivity contribution < 1.29 is 22.3 Å². The predicted molar refractivity (Wildman–Crippen MR) is 94.3 cm³/mol. The lowest BCUT2D eigenvalue weighted by molar-refractivity contribution is 0.0186. The minimum Gasteiger partial charge on any atom is -0.493 e. The van der Waals surface area contributed by atoms with E-state index in [4.69, 9.17) is 9.47 Å². The maximum Gasteiger partial charge on any atom is 0.211 e. The zero-order chi connectivity index (χ0) is 18.6. The van der Waals surface area contributed by atoms with Crippen LogP contribution in [0.2, 0.25) is 0 Å². The van der Waals surface area contributed by atoms with E-state index in [1.165, 1.54) is 10.7 Å². The third kappa shape index (κ3) is 4.60. The normalized spacial score (nSPS) is 20.8. The fraction of sp³-hybridized carbons (Fsp3) is 0.471. The molecule has 1 saturated heterocycles. The van der Waals surface area contributed by atoms with Crippen LogP contribution in [0, 0.1) is 11.7 Å². The average molecular weight is 383 g/mol. The fourth-order valence-electron chi connectivity index (χ4n) is 2.81. The number of ether oxygens (including phenoxy) is 2. The molecule has 3 rings (SSSR count). The van der Waals surface area contributed by atoms with E-state index in [1.54, 1.807) is 37.5 Å². The Bertz CT molecular complexity index is 827. The van der Waals surface area contributed by atoms with Crippen molar-refractivity contribution in [1.82, 2.24) is 14.5 Å². The van der Waals surface area contributed by atoms with Gasteiger partial charge in [-0.1, -0.05) is 0 Å². The third-order valence-electron chi connectivity index (χ3n) is 4.32. The third-order valence-corrected chi connectivity index (χ3v) is 5.74. The summed E-state index contributed by atoms with van der Waals surface area (Å²) in [6.07, 6.45) is 3.81. The summed E-state index contributed by atoms with van der Waals surface area (Å²) in [6.45, 7) is 2.72. The molecule has 1 aliphatic rings. The highest BCUT2D eigenvalue weighted by atomic mass is 32.2. The van der Waals surface area contributed by atoms with Crippen LogP contribution in [0.3, 0.4) is 0 Å². The molecule has 0 unspecified atom stereocenters. The van der Waals surface area contributed by atoms with Crippen molar-refractivity contribution in [2.45, 2.75) is 19.4 Å². The van der Waals surface area contributed by atoms with Crippen LogP contribution in [0.25, 0.3) is 5.69 Å². The summed E-state index contributed by atoms with van der Waals surface area (Å²) in [4.78, 5) is 0. The van der Waals surface area contributed by atoms with Gasteiger partial charge in [0, 0.05) is 37.0 Å². The Morgan fingerprint density at radius 3 is 3.00 bits per heavy atom. The number of rotatable bonds is 7. The molecule has 0 spiro atoms. The van der Waals surface area contributed by atoms with Gasteiger partial charge in [-0.25, -0.2) is 22.2 Å². The van der Waals surface area contributed by atoms with Crippen molar-refractivity contribution >= 4 is 10.0 Å². The number of sulfonamides is 1. The molecule has 1 fully saturated rings. The smallest absolute Gasteiger partial charge is 0.211 e. The molecule has 1 aromatic carbocycles. The molecule has 0 bridgehead atoms. The van der Waals surface area contributed by atoms with Crippen LogP contribution in [0.1, 0.15) is 13.3 Å². The van der Waals surface area contributed by atoms with Crippen LogP contribution in [-0.4, -0.2) is 49.8 Å². The maximum absolute atomic E-state index is 14.3. The minimum absolute atomic E-state index is 0.0258. The second-order valence-corrected chi connectivity index (χ2v) is 8.17. The first-order valence-electron chi connectivity index (χ1n) is 8.48. The summed E-state index contributed by atoms with van der Waals surface area (Å²) < 4.78 is 53.2. The van der Waals surface area contributed by atoms with Gasteiger partial charge in [0.25, 0.3) is 0 Å². The maximum atomic E-state index is 14.3. The van der Waals surface area contributed by atoms with Crippen LogP contribution < -0.4 is 9.46 Å². The summed E-state index contributed by atoms with van der Waals surface area (Å²) in [5.41, 5.74) is 0.330. The van der Waals surface area contributed by atoms with Gasteiger partial charge in [0.1, 0.15) is 11.4 Å². The number of aromatic nitrogens is 2. The van der Waals surface area contributed by atoms with E-state index in [9.17, 15) is 12.8 Å². The summed E-state index contributed by atoms with van der Waals surface area (Å²) in [6, 6.07) is 6.01. The van der Waals surface area contributed by atoms with E-state index in [0.29, 0.717) is 31.1 Å². The number of hydrogen-bond donors (Lipinski definition) is 1. The lowest BCUT2D eigenvalue weighted by Crippen LogP contribution is -2.47. The molecule has 0 radical (unpaired) electrons. The molecule has 2 atom stereocenters. The van der Waals surface area contributed by atoms with E-state index in [-0.39, 0.29) is 24.3 Å². The van der Waals surface area contributed by atoms with E-state index in [1.807, 2.05) is 0 Å². The Morgan fingerprint density at radius 2 is 2.31 bits per heavy atom. The quantitative estimate of drug-likeness (QED) is 0.787. The van der Waals surface area contributed by atoms with Gasteiger partial charge in [-0.05, 0) is 31.5 Å². The standard InChI is InChI=1S/C17H22FN3O4S/c1-2-26(22,23)20-16-6-9-24-11-13(16)12-25-14-4-5-17(15(18)10-14)21-8-3-7-19-21/h3-5,7-8,10,13,16,20H,2,6,9,11-12H2,1H3/t13-,16+/m1/s1. The topological polar surface area (TPSA) is 82.5 Å². The largest absolute Gasteiger partial charge is 0.493 e. The first-order chi connectivity index (χ1) is 12.5. The second kappa shape index (κ2) is 8.15. The van der Waals surface area contributed by atoms with Crippen molar-refractivity contribution in [3.63, 3.8) is 0 Å². The van der Waals surface area contributed by atoms with E-state index >= 15 is 0 Å². The molecule has 7 nitrogen and oxygen atoms in total. The molecular weight excluding hydrogens is 361 g/mol. The van der Waals surface area contributed by atoms with Crippen molar-refractivity contribution in [2.24, 2.45) is 5.92 Å². The van der Waals surface area contributed by atoms with Gasteiger partial charge in [-0.3, -0.25) is 0 Å². The van der Waals surface area contributed by atoms with E-state index in [2.05, 4.69) is 9.82 Å². The molecule has 2 heterocycles. The number of hydrogen-bond acceptors (Lipinski definition) is 5. The van der Waals surface area contributed by atoms with Crippen molar-refractivity contribution in [1.29, 1.82) is 0 Å². The molecule has 1 aliphatic heterocycles. The van der Waals surface area contributed by atoms with Crippen LogP contribution in [0.5, 0.6) is 5.75 Å². The van der Waals surface area contributed by atoms with Gasteiger partial charge in [-0.15, -0.1) is 0 Å². The van der Waals surface area contributed by atoms with Crippen LogP contribution in [0.4, 0.5) is 4.39 Å². The summed E-state index contributed by atoms with van der Waals surface area (Å²) in [7, 11) is -3.30. The Hall–Kier alpha value is -1.97. The predicted octanol–water partition coefficient (Wildman–Crippen LogP) is 1.73. The fourth-order valence-corrected chi connectivity index (χ4v) is 3.75. The van der Waals surface area contributed by atoms with Crippen LogP contribution in [-0.2, 0) is 14.8 Å². The van der Waals surface area contributed by atoms with Gasteiger partial charge in [-0.2, -0.15) is 5.10 Å². The lowest BCUT2D eigenvalue weighted by atomic mass is 9.98. The first kappa shape index (κ1) is 18.8. The Balaban J connectivity index is 1.64. The number of benzene rings is 1. The van der Waals surface area contributed by atoms with Crippen molar-refractivity contribution in [3.8, 4) is 11.4 Å². The molecule has 142 valence electrons. The number of halogens is 1. The Kier molecular flexibility index (Phi) is 5.90. The van der Waals surface area contributed by atoms with Gasteiger partial charge in [0.05, 0.1) is 19.0 Å². The molecule has 9 heteroatoms. The molecular formula is C17H22FN3O4S. The zero-order valence-corrected chi connectivity index (χ0v) is 15.3.